The van der Waals surface area contributed by atoms with Gasteiger partial charge in [0.15, 0.2) is 0 Å². The number of ether oxygens (including phenoxy) is 1. The first-order valence-corrected chi connectivity index (χ1v) is 5.32. The second-order valence-corrected chi connectivity index (χ2v) is 4.61. The van der Waals surface area contributed by atoms with E-state index in [4.69, 9.17) is 4.74 Å². The molecule has 11 heavy (non-hydrogen) atoms. The molecule has 1 fully saturated rings. The van der Waals surface area contributed by atoms with Gasteiger partial charge in [0.25, 0.3) is 0 Å². The van der Waals surface area contributed by atoms with E-state index in [9.17, 15) is 0 Å². The second kappa shape index (κ2) is 3.44. The molecule has 0 aromatic rings. The molecule has 0 bridgehead atoms. The zero-order chi connectivity index (χ0) is 8.48. The Kier molecular flexibility index (Phi) is 2.98. The lowest BCUT2D eigenvalue weighted by Crippen LogP contribution is -2.53. The molecular formula is C9H17BrO. The van der Waals surface area contributed by atoms with Crippen LogP contribution in [0.4, 0.5) is 0 Å². The van der Waals surface area contributed by atoms with Gasteiger partial charge in [0.1, 0.15) is 0 Å². The molecule has 0 N–H and O–H groups in total. The number of halogens is 1. The zero-order valence-electron chi connectivity index (χ0n) is 7.56. The van der Waals surface area contributed by atoms with Crippen LogP contribution in [0.2, 0.25) is 0 Å². The average molecular weight is 221 g/mol. The molecule has 0 amide bonds. The van der Waals surface area contributed by atoms with Gasteiger partial charge in [-0.15, -0.1) is 0 Å². The Labute approximate surface area is 77.6 Å². The molecule has 0 saturated heterocycles. The maximum atomic E-state index is 5.62. The Hall–Kier alpha value is 0.440. The molecule has 0 radical (unpaired) electrons. The van der Waals surface area contributed by atoms with Gasteiger partial charge in [-0.25, -0.2) is 0 Å². The molecule has 66 valence electrons. The molecule has 2 heteroatoms. The van der Waals surface area contributed by atoms with Crippen LogP contribution in [0.1, 0.15) is 33.6 Å². The van der Waals surface area contributed by atoms with E-state index in [0.29, 0.717) is 16.3 Å². The van der Waals surface area contributed by atoms with Crippen molar-refractivity contribution < 1.29 is 4.74 Å². The number of rotatable bonds is 3. The van der Waals surface area contributed by atoms with Gasteiger partial charge in [0.05, 0.1) is 6.10 Å². The van der Waals surface area contributed by atoms with E-state index >= 15 is 0 Å². The summed E-state index contributed by atoms with van der Waals surface area (Å²) in [6.45, 7) is 7.45. The van der Waals surface area contributed by atoms with Gasteiger partial charge < -0.3 is 4.74 Å². The van der Waals surface area contributed by atoms with E-state index in [1.807, 2.05) is 0 Å². The summed E-state index contributed by atoms with van der Waals surface area (Å²) < 4.78 is 5.62. The molecule has 0 spiro atoms. The Morgan fingerprint density at radius 1 is 1.55 bits per heavy atom. The van der Waals surface area contributed by atoms with Crippen molar-refractivity contribution in [2.45, 2.75) is 44.5 Å². The van der Waals surface area contributed by atoms with Crippen molar-refractivity contribution in [3.05, 3.63) is 0 Å². The Morgan fingerprint density at radius 3 is 2.55 bits per heavy atom. The molecule has 0 aromatic carbocycles. The molecule has 3 atom stereocenters. The maximum absolute atomic E-state index is 5.62. The summed E-state index contributed by atoms with van der Waals surface area (Å²) in [5, 5.41) is 0. The third-order valence-corrected chi connectivity index (χ3v) is 4.42. The molecule has 0 heterocycles. The number of alkyl halides is 1. The summed E-state index contributed by atoms with van der Waals surface area (Å²) in [6, 6.07) is 0. The molecule has 0 aromatic heterocycles. The number of hydrogen-bond donors (Lipinski definition) is 0. The second-order valence-electron chi connectivity index (χ2n) is 3.51. The van der Waals surface area contributed by atoms with Crippen LogP contribution >= 0.6 is 15.9 Å². The van der Waals surface area contributed by atoms with Crippen LogP contribution in [0, 0.1) is 5.41 Å². The van der Waals surface area contributed by atoms with Crippen LogP contribution in [0.15, 0.2) is 0 Å². The van der Waals surface area contributed by atoms with E-state index in [1.54, 1.807) is 0 Å². The van der Waals surface area contributed by atoms with Crippen LogP contribution in [-0.4, -0.2) is 17.5 Å². The summed E-state index contributed by atoms with van der Waals surface area (Å²) in [5.74, 6) is 0. The SMILES string of the molecule is CCOC1CC(Br)C1(C)CC. The first-order valence-electron chi connectivity index (χ1n) is 4.40. The molecular weight excluding hydrogens is 204 g/mol. The van der Waals surface area contributed by atoms with Crippen molar-refractivity contribution in [1.29, 1.82) is 0 Å². The highest BCUT2D eigenvalue weighted by Crippen LogP contribution is 2.49. The van der Waals surface area contributed by atoms with Crippen molar-refractivity contribution in [2.24, 2.45) is 5.41 Å². The van der Waals surface area contributed by atoms with Gasteiger partial charge >= 0.3 is 0 Å². The quantitative estimate of drug-likeness (QED) is 0.665. The summed E-state index contributed by atoms with van der Waals surface area (Å²) >= 11 is 3.67. The van der Waals surface area contributed by atoms with Crippen LogP contribution in [0.5, 0.6) is 0 Å². The molecule has 0 aliphatic heterocycles. The molecule has 1 nitrogen and oxygen atoms in total. The fourth-order valence-corrected chi connectivity index (χ4v) is 2.63. The first-order chi connectivity index (χ1) is 5.15. The summed E-state index contributed by atoms with van der Waals surface area (Å²) in [5.41, 5.74) is 0.385. The minimum Gasteiger partial charge on any atom is -0.378 e. The van der Waals surface area contributed by atoms with Gasteiger partial charge in [0, 0.05) is 16.8 Å². The molecule has 1 aliphatic rings. The largest absolute Gasteiger partial charge is 0.378 e. The van der Waals surface area contributed by atoms with Crippen LogP contribution in [-0.2, 0) is 4.74 Å². The van der Waals surface area contributed by atoms with Crippen LogP contribution in [0.3, 0.4) is 0 Å². The summed E-state index contributed by atoms with van der Waals surface area (Å²) in [7, 11) is 0. The number of hydrogen-bond acceptors (Lipinski definition) is 1. The Balaban J connectivity index is 2.47. The van der Waals surface area contributed by atoms with Gasteiger partial charge in [0.2, 0.25) is 0 Å². The zero-order valence-corrected chi connectivity index (χ0v) is 9.15. The predicted molar refractivity (Wildman–Crippen MR) is 51.1 cm³/mol. The molecule has 1 aliphatic carbocycles. The van der Waals surface area contributed by atoms with Crippen molar-refractivity contribution in [2.75, 3.05) is 6.61 Å². The third kappa shape index (κ3) is 1.48. The van der Waals surface area contributed by atoms with Crippen molar-refractivity contribution >= 4 is 15.9 Å². The van der Waals surface area contributed by atoms with E-state index in [-0.39, 0.29) is 0 Å². The Bertz CT molecular complexity index is 136. The lowest BCUT2D eigenvalue weighted by molar-refractivity contribution is -0.0918. The van der Waals surface area contributed by atoms with Gasteiger partial charge in [-0.3, -0.25) is 0 Å². The normalized spacial score (nSPS) is 43.6. The lowest BCUT2D eigenvalue weighted by Gasteiger charge is -2.50. The van der Waals surface area contributed by atoms with Crippen LogP contribution < -0.4 is 0 Å². The fraction of sp³-hybridized carbons (Fsp3) is 1.00. The molecule has 1 saturated carbocycles. The van der Waals surface area contributed by atoms with Gasteiger partial charge in [-0.05, 0) is 19.8 Å². The average Bonchev–Trinajstić information content (AvgIpc) is 2.03. The standard InChI is InChI=1S/C9H17BrO/c1-4-9(3)7(10)6-8(9)11-5-2/h7-8H,4-6H2,1-3H3. The van der Waals surface area contributed by atoms with E-state index in [0.717, 1.165) is 6.61 Å². The fourth-order valence-electron chi connectivity index (χ4n) is 1.68. The van der Waals surface area contributed by atoms with E-state index in [2.05, 4.69) is 36.7 Å². The van der Waals surface area contributed by atoms with Crippen LogP contribution in [0.25, 0.3) is 0 Å². The third-order valence-electron chi connectivity index (χ3n) is 3.00. The van der Waals surface area contributed by atoms with Gasteiger partial charge in [-0.1, -0.05) is 29.8 Å². The minimum atomic E-state index is 0.385. The summed E-state index contributed by atoms with van der Waals surface area (Å²) in [4.78, 5) is 0.663. The van der Waals surface area contributed by atoms with Gasteiger partial charge in [-0.2, -0.15) is 0 Å². The maximum Gasteiger partial charge on any atom is 0.0650 e. The first kappa shape index (κ1) is 9.53. The monoisotopic (exact) mass is 220 g/mol. The highest BCUT2D eigenvalue weighted by Gasteiger charge is 2.49. The molecule has 1 rings (SSSR count). The highest BCUT2D eigenvalue weighted by atomic mass is 79.9. The molecule has 3 unspecified atom stereocenters. The predicted octanol–water partition coefficient (Wildman–Crippen LogP) is 2.98. The summed E-state index contributed by atoms with van der Waals surface area (Å²) in [6.07, 6.45) is 2.87. The van der Waals surface area contributed by atoms with Crippen molar-refractivity contribution in [3.63, 3.8) is 0 Å². The smallest absolute Gasteiger partial charge is 0.0650 e. The van der Waals surface area contributed by atoms with E-state index < -0.39 is 0 Å². The topological polar surface area (TPSA) is 9.23 Å². The Morgan fingerprint density at radius 2 is 2.18 bits per heavy atom. The highest BCUT2D eigenvalue weighted by molar-refractivity contribution is 9.09. The minimum absolute atomic E-state index is 0.385. The van der Waals surface area contributed by atoms with Crippen molar-refractivity contribution in [3.8, 4) is 0 Å². The van der Waals surface area contributed by atoms with Crippen molar-refractivity contribution in [1.82, 2.24) is 0 Å². The van der Waals surface area contributed by atoms with E-state index in [1.165, 1.54) is 12.8 Å². The lowest BCUT2D eigenvalue weighted by atomic mass is 9.66.